The number of nitrogens with zero attached hydrogens (tertiary/aromatic N) is 2. The van der Waals surface area contributed by atoms with Crippen LogP contribution in [0.15, 0.2) is 51.3 Å². The van der Waals surface area contributed by atoms with Crippen molar-refractivity contribution in [3.8, 4) is 17.2 Å². The highest BCUT2D eigenvalue weighted by atomic mass is 16.5. The van der Waals surface area contributed by atoms with E-state index in [0.717, 1.165) is 22.1 Å². The van der Waals surface area contributed by atoms with Gasteiger partial charge in [0.1, 0.15) is 0 Å². The fraction of sp³-hybridized carbons (Fsp3) is 0.190. The van der Waals surface area contributed by atoms with Gasteiger partial charge < -0.3 is 13.6 Å². The van der Waals surface area contributed by atoms with Crippen molar-refractivity contribution in [1.29, 1.82) is 0 Å². The third kappa shape index (κ3) is 3.34. The van der Waals surface area contributed by atoms with Crippen molar-refractivity contribution in [2.24, 2.45) is 0 Å². The Hall–Kier alpha value is -3.61. The number of hydrogen-bond acceptors (Lipinski definition) is 6. The predicted molar refractivity (Wildman–Crippen MR) is 105 cm³/mol. The number of nitrogens with one attached hydrogen (secondary N) is 1. The number of ether oxygens (including phenoxy) is 1. The Morgan fingerprint density at radius 2 is 1.96 bits per heavy atom. The third-order valence-corrected chi connectivity index (χ3v) is 4.29. The van der Waals surface area contributed by atoms with Crippen LogP contribution in [0.2, 0.25) is 0 Å². The number of hydrogen-bond donors (Lipinski definition) is 1. The van der Waals surface area contributed by atoms with Crippen LogP contribution in [0.5, 0.6) is 5.75 Å². The molecule has 2 aromatic heterocycles. The van der Waals surface area contributed by atoms with E-state index < -0.39 is 5.91 Å². The fourth-order valence-corrected chi connectivity index (χ4v) is 3.01. The minimum Gasteiger partial charge on any atom is -0.490 e. The monoisotopic (exact) mass is 377 g/mol. The molecule has 2 heterocycles. The lowest BCUT2D eigenvalue weighted by atomic mass is 10.1. The largest absolute Gasteiger partial charge is 0.490 e. The van der Waals surface area contributed by atoms with Crippen LogP contribution >= 0.6 is 0 Å². The maximum Gasteiger partial charge on any atom is 0.322 e. The molecule has 28 heavy (non-hydrogen) atoms. The summed E-state index contributed by atoms with van der Waals surface area (Å²) in [5, 5.41) is 11.3. The average molecular weight is 377 g/mol. The molecule has 0 spiro atoms. The average Bonchev–Trinajstić information content (AvgIpc) is 3.29. The SMILES string of the molecule is CCOc1cccc2cc(C(=O)Nc3nnc(-c4ccc(C)cc4C)o3)oc12. The molecule has 0 unspecified atom stereocenters. The van der Waals surface area contributed by atoms with E-state index in [9.17, 15) is 4.79 Å². The van der Waals surface area contributed by atoms with Gasteiger partial charge in [0.25, 0.3) is 5.91 Å². The van der Waals surface area contributed by atoms with Gasteiger partial charge in [0.05, 0.1) is 6.61 Å². The van der Waals surface area contributed by atoms with Crippen molar-refractivity contribution in [3.63, 3.8) is 0 Å². The topological polar surface area (TPSA) is 90.4 Å². The lowest BCUT2D eigenvalue weighted by Crippen LogP contribution is -2.11. The van der Waals surface area contributed by atoms with Crippen molar-refractivity contribution in [2.75, 3.05) is 11.9 Å². The highest BCUT2D eigenvalue weighted by Crippen LogP contribution is 2.29. The Bertz CT molecular complexity index is 1160. The highest BCUT2D eigenvalue weighted by molar-refractivity contribution is 6.04. The Balaban J connectivity index is 1.57. The summed E-state index contributed by atoms with van der Waals surface area (Å²) in [7, 11) is 0. The van der Waals surface area contributed by atoms with Crippen LogP contribution in [0, 0.1) is 13.8 Å². The summed E-state index contributed by atoms with van der Waals surface area (Å²) in [5.41, 5.74) is 3.51. The molecule has 7 nitrogen and oxygen atoms in total. The minimum atomic E-state index is -0.477. The maximum absolute atomic E-state index is 12.5. The van der Waals surface area contributed by atoms with E-state index in [1.54, 1.807) is 12.1 Å². The Morgan fingerprint density at radius 3 is 2.75 bits per heavy atom. The van der Waals surface area contributed by atoms with Crippen molar-refractivity contribution in [3.05, 3.63) is 59.4 Å². The molecular weight excluding hydrogens is 358 g/mol. The lowest BCUT2D eigenvalue weighted by Gasteiger charge is -2.02. The van der Waals surface area contributed by atoms with E-state index in [0.29, 0.717) is 23.8 Å². The third-order valence-electron chi connectivity index (χ3n) is 4.29. The number of anilines is 1. The van der Waals surface area contributed by atoms with E-state index in [4.69, 9.17) is 13.6 Å². The zero-order valence-corrected chi connectivity index (χ0v) is 15.8. The summed E-state index contributed by atoms with van der Waals surface area (Å²) in [6.45, 7) is 6.37. The highest BCUT2D eigenvalue weighted by Gasteiger charge is 2.18. The van der Waals surface area contributed by atoms with E-state index in [-0.39, 0.29) is 11.8 Å². The number of benzene rings is 2. The Morgan fingerprint density at radius 1 is 1.11 bits per heavy atom. The van der Waals surface area contributed by atoms with E-state index >= 15 is 0 Å². The number of para-hydroxylation sites is 1. The number of furan rings is 1. The van der Waals surface area contributed by atoms with Crippen molar-refractivity contribution in [2.45, 2.75) is 20.8 Å². The zero-order chi connectivity index (χ0) is 19.7. The first kappa shape index (κ1) is 17.8. The number of fused-ring (bicyclic) bond motifs is 1. The van der Waals surface area contributed by atoms with Gasteiger partial charge in [-0.1, -0.05) is 34.9 Å². The van der Waals surface area contributed by atoms with Crippen LogP contribution < -0.4 is 10.1 Å². The van der Waals surface area contributed by atoms with Gasteiger partial charge in [0, 0.05) is 10.9 Å². The summed E-state index contributed by atoms with van der Waals surface area (Å²) < 4.78 is 16.8. The maximum atomic E-state index is 12.5. The van der Waals surface area contributed by atoms with Crippen molar-refractivity contribution >= 4 is 22.9 Å². The van der Waals surface area contributed by atoms with E-state index in [1.165, 1.54) is 0 Å². The van der Waals surface area contributed by atoms with Crippen molar-refractivity contribution < 1.29 is 18.4 Å². The molecule has 4 aromatic rings. The summed E-state index contributed by atoms with van der Waals surface area (Å²) in [6, 6.07) is 13.1. The van der Waals surface area contributed by atoms with E-state index in [1.807, 2.05) is 51.1 Å². The van der Waals surface area contributed by atoms with Gasteiger partial charge >= 0.3 is 6.01 Å². The molecule has 0 saturated carbocycles. The van der Waals surface area contributed by atoms with Crippen LogP contribution in [0.4, 0.5) is 6.01 Å². The number of aromatic nitrogens is 2. The normalized spacial score (nSPS) is 11.0. The molecule has 142 valence electrons. The van der Waals surface area contributed by atoms with Gasteiger partial charge in [-0.15, -0.1) is 5.10 Å². The number of aryl methyl sites for hydroxylation is 2. The molecule has 4 rings (SSSR count). The first-order valence-corrected chi connectivity index (χ1v) is 8.93. The summed E-state index contributed by atoms with van der Waals surface area (Å²) in [5.74, 6) is 0.591. The lowest BCUT2D eigenvalue weighted by molar-refractivity contribution is 0.0995. The second kappa shape index (κ2) is 7.19. The fourth-order valence-electron chi connectivity index (χ4n) is 3.01. The minimum absolute atomic E-state index is 0.00506. The number of carbonyl (C=O) groups excluding carboxylic acids is 1. The molecule has 0 saturated heterocycles. The van der Waals surface area contributed by atoms with Crippen LogP contribution in [0.1, 0.15) is 28.6 Å². The van der Waals surface area contributed by atoms with Crippen LogP contribution in [0.25, 0.3) is 22.4 Å². The molecule has 0 aliphatic rings. The molecule has 0 atom stereocenters. The van der Waals surface area contributed by atoms with Gasteiger partial charge in [0.15, 0.2) is 17.1 Å². The standard InChI is InChI=1S/C21H19N3O4/c1-4-26-16-7-5-6-14-11-17(27-18(14)16)19(25)22-21-24-23-20(28-21)15-9-8-12(2)10-13(15)3/h5-11H,4H2,1-3H3,(H,22,24,25). The zero-order valence-electron chi connectivity index (χ0n) is 15.8. The van der Waals surface area contributed by atoms with Crippen LogP contribution in [-0.4, -0.2) is 22.7 Å². The second-order valence-corrected chi connectivity index (χ2v) is 6.40. The van der Waals surface area contributed by atoms with Gasteiger partial charge in [0.2, 0.25) is 5.89 Å². The Kier molecular flexibility index (Phi) is 4.57. The molecule has 0 aliphatic carbocycles. The van der Waals surface area contributed by atoms with Gasteiger partial charge in [-0.3, -0.25) is 10.1 Å². The molecule has 1 amide bonds. The van der Waals surface area contributed by atoms with Crippen molar-refractivity contribution in [1.82, 2.24) is 10.2 Å². The first-order valence-electron chi connectivity index (χ1n) is 8.93. The van der Waals surface area contributed by atoms with Gasteiger partial charge in [-0.05, 0) is 44.5 Å². The summed E-state index contributed by atoms with van der Waals surface area (Å²) in [6.07, 6.45) is 0. The first-order chi connectivity index (χ1) is 13.5. The van der Waals surface area contributed by atoms with Crippen LogP contribution in [-0.2, 0) is 0 Å². The molecule has 2 aromatic carbocycles. The summed E-state index contributed by atoms with van der Waals surface area (Å²) >= 11 is 0. The van der Waals surface area contributed by atoms with Gasteiger partial charge in [-0.25, -0.2) is 0 Å². The van der Waals surface area contributed by atoms with Crippen LogP contribution in [0.3, 0.4) is 0 Å². The number of rotatable bonds is 5. The molecule has 7 heteroatoms. The Labute approximate surface area is 161 Å². The molecule has 0 radical (unpaired) electrons. The molecule has 0 aliphatic heterocycles. The summed E-state index contributed by atoms with van der Waals surface area (Å²) in [4.78, 5) is 12.5. The molecule has 1 N–H and O–H groups in total. The number of carbonyl (C=O) groups is 1. The molecule has 0 fully saturated rings. The smallest absolute Gasteiger partial charge is 0.322 e. The second-order valence-electron chi connectivity index (χ2n) is 6.40. The van der Waals surface area contributed by atoms with Gasteiger partial charge in [-0.2, -0.15) is 0 Å². The number of amides is 1. The predicted octanol–water partition coefficient (Wildman–Crippen LogP) is 4.75. The molecule has 0 bridgehead atoms. The van der Waals surface area contributed by atoms with E-state index in [2.05, 4.69) is 15.5 Å². The quantitative estimate of drug-likeness (QED) is 0.540. The molecular formula is C21H19N3O4.